The van der Waals surface area contributed by atoms with Gasteiger partial charge in [0.15, 0.2) is 11.6 Å². The van der Waals surface area contributed by atoms with Gasteiger partial charge in [0.25, 0.3) is 0 Å². The molecule has 0 saturated heterocycles. The highest BCUT2D eigenvalue weighted by atomic mass is 15.2. The van der Waals surface area contributed by atoms with E-state index in [1.807, 2.05) is 36.4 Å². The first kappa shape index (κ1) is 33.9. The van der Waals surface area contributed by atoms with Crippen molar-refractivity contribution in [3.63, 3.8) is 0 Å². The first-order valence-corrected chi connectivity index (χ1v) is 20.3. The predicted molar refractivity (Wildman–Crippen MR) is 248 cm³/mol. The van der Waals surface area contributed by atoms with Crippen LogP contribution in [0.25, 0.3) is 111 Å². The van der Waals surface area contributed by atoms with Crippen molar-refractivity contribution in [2.24, 2.45) is 0 Å². The number of hydrogen-bond acceptors (Lipinski definition) is 3. The van der Waals surface area contributed by atoms with E-state index in [1.165, 1.54) is 43.8 Å². The third-order valence-corrected chi connectivity index (χ3v) is 11.7. The first-order valence-electron chi connectivity index (χ1n) is 20.3. The van der Waals surface area contributed by atoms with Crippen LogP contribution in [0.15, 0.2) is 212 Å². The normalized spacial score (nSPS) is 11.7. The van der Waals surface area contributed by atoms with Gasteiger partial charge in [-0.25, -0.2) is 4.98 Å². The molecule has 0 bridgehead atoms. The minimum Gasteiger partial charge on any atom is -0.309 e. The average Bonchev–Trinajstić information content (AvgIpc) is 3.86. The van der Waals surface area contributed by atoms with Gasteiger partial charge in [0.05, 0.1) is 22.1 Å². The van der Waals surface area contributed by atoms with Gasteiger partial charge >= 0.3 is 0 Å². The van der Waals surface area contributed by atoms with Gasteiger partial charge in [-0.15, -0.1) is 0 Å². The van der Waals surface area contributed by atoms with Crippen molar-refractivity contribution in [3.8, 4) is 56.7 Å². The molecule has 9 aromatic carbocycles. The average molecular weight is 766 g/mol. The van der Waals surface area contributed by atoms with E-state index in [9.17, 15) is 0 Å². The number of aromatic nitrogens is 5. The fourth-order valence-corrected chi connectivity index (χ4v) is 9.05. The van der Waals surface area contributed by atoms with E-state index in [0.29, 0.717) is 17.6 Å². The smallest absolute Gasteiger partial charge is 0.238 e. The monoisotopic (exact) mass is 765 g/mol. The van der Waals surface area contributed by atoms with Crippen molar-refractivity contribution in [1.29, 1.82) is 0 Å². The van der Waals surface area contributed by atoms with Crippen molar-refractivity contribution in [2.75, 3.05) is 0 Å². The second-order valence-corrected chi connectivity index (χ2v) is 15.2. The Morgan fingerprint density at radius 3 is 1.33 bits per heavy atom. The van der Waals surface area contributed by atoms with Gasteiger partial charge in [-0.1, -0.05) is 170 Å². The zero-order valence-corrected chi connectivity index (χ0v) is 32.4. The summed E-state index contributed by atoms with van der Waals surface area (Å²) in [5, 5.41) is 7.12. The zero-order valence-electron chi connectivity index (χ0n) is 32.4. The third-order valence-electron chi connectivity index (χ3n) is 11.7. The van der Waals surface area contributed by atoms with Crippen LogP contribution < -0.4 is 0 Å². The van der Waals surface area contributed by atoms with Crippen LogP contribution in [0, 0.1) is 0 Å². The molecule has 5 nitrogen and oxygen atoms in total. The van der Waals surface area contributed by atoms with E-state index in [4.69, 9.17) is 15.0 Å². The van der Waals surface area contributed by atoms with Crippen molar-refractivity contribution < 1.29 is 0 Å². The molecule has 3 aromatic heterocycles. The highest BCUT2D eigenvalue weighted by molar-refractivity contribution is 6.33. The van der Waals surface area contributed by atoms with E-state index in [1.54, 1.807) is 0 Å². The molecule has 280 valence electrons. The van der Waals surface area contributed by atoms with Crippen molar-refractivity contribution in [1.82, 2.24) is 24.1 Å². The summed E-state index contributed by atoms with van der Waals surface area (Å²) in [6, 6.07) is 75.2. The molecule has 0 saturated carbocycles. The Morgan fingerprint density at radius 2 is 0.733 bits per heavy atom. The van der Waals surface area contributed by atoms with Gasteiger partial charge in [0.2, 0.25) is 5.95 Å². The zero-order chi connectivity index (χ0) is 39.6. The summed E-state index contributed by atoms with van der Waals surface area (Å²) in [6.07, 6.45) is 0. The topological polar surface area (TPSA) is 48.5 Å². The van der Waals surface area contributed by atoms with Gasteiger partial charge in [0.1, 0.15) is 0 Å². The summed E-state index contributed by atoms with van der Waals surface area (Å²) in [5.41, 5.74) is 12.0. The van der Waals surface area contributed by atoms with Crippen LogP contribution in [0.2, 0.25) is 0 Å². The van der Waals surface area contributed by atoms with Gasteiger partial charge in [-0.2, -0.15) is 9.97 Å². The van der Waals surface area contributed by atoms with Crippen molar-refractivity contribution in [2.45, 2.75) is 0 Å². The number of para-hydroxylation sites is 1. The van der Waals surface area contributed by atoms with Crippen molar-refractivity contribution in [3.05, 3.63) is 212 Å². The molecule has 0 atom stereocenters. The second-order valence-electron chi connectivity index (χ2n) is 15.2. The molecule has 0 amide bonds. The first-order chi connectivity index (χ1) is 29.8. The molecule has 12 rings (SSSR count). The lowest BCUT2D eigenvalue weighted by molar-refractivity contribution is 0.953. The maximum atomic E-state index is 5.23. The number of fused-ring (bicyclic) bond motifs is 9. The lowest BCUT2D eigenvalue weighted by Crippen LogP contribution is -2.06. The molecule has 0 unspecified atom stereocenters. The van der Waals surface area contributed by atoms with Gasteiger partial charge in [-0.3, -0.25) is 4.57 Å². The molecule has 5 heteroatoms. The summed E-state index contributed by atoms with van der Waals surface area (Å²) in [6.45, 7) is 0. The van der Waals surface area contributed by atoms with Crippen LogP contribution in [-0.2, 0) is 0 Å². The summed E-state index contributed by atoms with van der Waals surface area (Å²) in [4.78, 5) is 15.5. The van der Waals surface area contributed by atoms with Crippen LogP contribution in [0.1, 0.15) is 0 Å². The van der Waals surface area contributed by atoms with Crippen molar-refractivity contribution >= 4 is 54.4 Å². The van der Waals surface area contributed by atoms with E-state index in [-0.39, 0.29) is 0 Å². The highest BCUT2D eigenvalue weighted by Gasteiger charge is 2.24. The molecular formula is C55H35N5. The Bertz CT molecular complexity index is 3460. The summed E-state index contributed by atoms with van der Waals surface area (Å²) in [7, 11) is 0. The van der Waals surface area contributed by atoms with Crippen LogP contribution >= 0.6 is 0 Å². The maximum Gasteiger partial charge on any atom is 0.238 e. The Hall–Kier alpha value is -8.15. The Morgan fingerprint density at radius 1 is 0.283 bits per heavy atom. The minimum atomic E-state index is 0.574. The number of benzene rings is 9. The molecule has 60 heavy (non-hydrogen) atoms. The van der Waals surface area contributed by atoms with E-state index in [2.05, 4.69) is 185 Å². The lowest BCUT2D eigenvalue weighted by atomic mass is 9.98. The second kappa shape index (κ2) is 13.8. The SMILES string of the molecule is c1ccc(-c2cc(-c3ccccc3)cc(-n3c4ccc5ccccc5c4c4c5c6ccccc6n(-c6nc(-c7ccccc7)nc(-c7ccccc7)n6)c5ccc43)c2)cc1. The molecule has 0 aliphatic heterocycles. The van der Waals surface area contributed by atoms with E-state index in [0.717, 1.165) is 49.7 Å². The summed E-state index contributed by atoms with van der Waals surface area (Å²) in [5.74, 6) is 1.83. The molecule has 3 heterocycles. The number of hydrogen-bond donors (Lipinski definition) is 0. The minimum absolute atomic E-state index is 0.574. The fraction of sp³-hybridized carbons (Fsp3) is 0. The summed E-state index contributed by atoms with van der Waals surface area (Å²) >= 11 is 0. The largest absolute Gasteiger partial charge is 0.309 e. The molecule has 0 aliphatic rings. The Kier molecular flexibility index (Phi) is 7.78. The highest BCUT2D eigenvalue weighted by Crippen LogP contribution is 2.45. The van der Waals surface area contributed by atoms with Crippen LogP contribution in [-0.4, -0.2) is 24.1 Å². The van der Waals surface area contributed by atoms with E-state index >= 15 is 0 Å². The van der Waals surface area contributed by atoms with E-state index < -0.39 is 0 Å². The molecule has 0 radical (unpaired) electrons. The quantitative estimate of drug-likeness (QED) is 0.169. The summed E-state index contributed by atoms with van der Waals surface area (Å²) < 4.78 is 4.69. The van der Waals surface area contributed by atoms with Gasteiger partial charge in [-0.05, 0) is 75.5 Å². The van der Waals surface area contributed by atoms with Gasteiger partial charge in [0, 0.05) is 38.4 Å². The Labute approximate surface area is 346 Å². The maximum absolute atomic E-state index is 5.23. The van der Waals surface area contributed by atoms with Crippen LogP contribution in [0.3, 0.4) is 0 Å². The predicted octanol–water partition coefficient (Wildman–Crippen LogP) is 13.9. The van der Waals surface area contributed by atoms with Crippen LogP contribution in [0.5, 0.6) is 0 Å². The molecule has 12 aromatic rings. The third kappa shape index (κ3) is 5.44. The Balaban J connectivity index is 1.21. The van der Waals surface area contributed by atoms with Gasteiger partial charge < -0.3 is 4.57 Å². The molecule has 0 N–H and O–H groups in total. The molecule has 0 fully saturated rings. The van der Waals surface area contributed by atoms with Crippen LogP contribution in [0.4, 0.5) is 0 Å². The lowest BCUT2D eigenvalue weighted by Gasteiger charge is -2.14. The molecular weight excluding hydrogens is 731 g/mol. The number of nitrogens with zero attached hydrogens (tertiary/aromatic N) is 5. The molecule has 0 spiro atoms. The number of rotatable bonds is 6. The standard InChI is InChI=1S/C55H35N5/c1-5-17-36(18-6-1)41-33-42(37-19-7-2-8-20-37)35-43(34-41)59-47-30-29-38-21-13-14-26-44(38)50(47)52-49(59)32-31-48-51(52)45-27-15-16-28-46(45)60(48)55-57-53(39-22-9-3-10-23-39)56-54(58-55)40-24-11-4-12-25-40/h1-35H. The fourth-order valence-electron chi connectivity index (χ4n) is 9.05. The molecule has 0 aliphatic carbocycles.